The molecule has 0 spiro atoms. The molecule has 2 aromatic heterocycles. The molecule has 3 atom stereocenters. The summed E-state index contributed by atoms with van der Waals surface area (Å²) in [6.07, 6.45) is 26.7. The van der Waals surface area contributed by atoms with E-state index in [2.05, 4.69) is 45.2 Å². The number of rotatable bonds is 40. The molecule has 3 unspecified atom stereocenters. The summed E-state index contributed by atoms with van der Waals surface area (Å²) in [5, 5.41) is 8.93. The molecule has 0 aliphatic rings. The first-order chi connectivity index (χ1) is 30.3. The molecule has 0 fully saturated rings. The highest BCUT2D eigenvalue weighted by Gasteiger charge is 2.28. The van der Waals surface area contributed by atoms with Gasteiger partial charge in [-0.2, -0.15) is 0 Å². The van der Waals surface area contributed by atoms with Gasteiger partial charge in [-0.25, -0.2) is 4.57 Å². The highest BCUT2D eigenvalue weighted by atomic mass is 31.2. The average molecular weight is 910 g/mol. The maximum Gasteiger partial charge on any atom is 0.472 e. The molecule has 0 saturated heterocycles. The summed E-state index contributed by atoms with van der Waals surface area (Å²) >= 11 is 0. The molecular weight excluding hydrogens is 826 g/mol. The number of hydrogen-bond acceptors (Lipinski definition) is 11. The number of furan rings is 2. The van der Waals surface area contributed by atoms with Gasteiger partial charge in [-0.15, -0.1) is 0 Å². The van der Waals surface area contributed by atoms with Gasteiger partial charge in [-0.1, -0.05) is 117 Å². The van der Waals surface area contributed by atoms with Gasteiger partial charge in [0.15, 0.2) is 6.10 Å². The van der Waals surface area contributed by atoms with Crippen LogP contribution in [0.5, 0.6) is 0 Å². The van der Waals surface area contributed by atoms with Crippen molar-refractivity contribution >= 4 is 25.7 Å². The molecule has 13 nitrogen and oxygen atoms in total. The molecule has 2 heterocycles. The zero-order valence-corrected chi connectivity index (χ0v) is 40.5. The summed E-state index contributed by atoms with van der Waals surface area (Å²) in [7, 11) is -4.74. The van der Waals surface area contributed by atoms with Crippen LogP contribution < -0.4 is 5.73 Å². The minimum absolute atomic E-state index is 0.136. The van der Waals surface area contributed by atoms with Gasteiger partial charge in [-0.05, 0) is 82.1 Å². The number of phosphoric ester groups is 1. The smallest absolute Gasteiger partial charge is 0.472 e. The first-order valence-electron chi connectivity index (χ1n) is 24.4. The van der Waals surface area contributed by atoms with Crippen LogP contribution in [-0.2, 0) is 63.2 Å². The molecule has 0 aliphatic heterocycles. The predicted molar refractivity (Wildman–Crippen MR) is 247 cm³/mol. The highest BCUT2D eigenvalue weighted by Crippen LogP contribution is 2.43. The van der Waals surface area contributed by atoms with E-state index in [1.54, 1.807) is 0 Å². The number of hydrogen-bond donors (Lipinski definition) is 3. The lowest BCUT2D eigenvalue weighted by Crippen LogP contribution is -2.34. The second kappa shape index (κ2) is 33.5. The number of aliphatic carboxylic acids is 1. The van der Waals surface area contributed by atoms with Crippen molar-refractivity contribution in [3.8, 4) is 0 Å². The van der Waals surface area contributed by atoms with Gasteiger partial charge in [0, 0.05) is 38.5 Å². The molecule has 0 saturated carbocycles. The van der Waals surface area contributed by atoms with Crippen LogP contribution in [0, 0.1) is 20.8 Å². The third-order valence-electron chi connectivity index (χ3n) is 11.7. The third kappa shape index (κ3) is 25.9. The number of unbranched alkanes of at least 4 members (excludes halogenated alkanes) is 18. The van der Waals surface area contributed by atoms with Crippen LogP contribution in [0.1, 0.15) is 208 Å². The molecule has 362 valence electrons. The summed E-state index contributed by atoms with van der Waals surface area (Å²) < 4.78 is 45.2. The largest absolute Gasteiger partial charge is 0.480 e. The van der Waals surface area contributed by atoms with Crippen LogP contribution in [0.3, 0.4) is 0 Å². The Labute approximate surface area is 378 Å². The van der Waals surface area contributed by atoms with Gasteiger partial charge in [-0.3, -0.25) is 23.4 Å². The lowest BCUT2D eigenvalue weighted by atomic mass is 10.0. The predicted octanol–water partition coefficient (Wildman–Crippen LogP) is 12.1. The standard InChI is InChI=1S/C49H84NO12P/c1-6-8-22-28-41-34-38(3)44(60-41)29-24-18-14-10-12-16-20-26-32-47(51)57-35-42(36-58-63(55,56)59-37-43(50)49(53)54)61-48(52)33-27-21-17-13-11-15-19-25-31-46-40(5)39(4)45(62-46)30-23-9-7-2/h34,42-43H,6-33,35-37,50H2,1-5H3,(H,53,54)(H,55,56). The maximum absolute atomic E-state index is 12.7. The number of carbonyl (C=O) groups excluding carboxylic acids is 2. The molecule has 63 heavy (non-hydrogen) atoms. The lowest BCUT2D eigenvalue weighted by Gasteiger charge is -2.20. The van der Waals surface area contributed by atoms with Gasteiger partial charge in [0.25, 0.3) is 0 Å². The maximum atomic E-state index is 12.7. The first-order valence-corrected chi connectivity index (χ1v) is 25.9. The monoisotopic (exact) mass is 910 g/mol. The van der Waals surface area contributed by atoms with E-state index in [9.17, 15) is 23.8 Å². The Hall–Kier alpha value is -2.96. The summed E-state index contributed by atoms with van der Waals surface area (Å²) in [6, 6.07) is 0.662. The number of phosphoric acid groups is 1. The Morgan fingerprint density at radius 1 is 0.603 bits per heavy atom. The van der Waals surface area contributed by atoms with E-state index in [1.165, 1.54) is 61.6 Å². The van der Waals surface area contributed by atoms with Crippen molar-refractivity contribution in [2.24, 2.45) is 5.73 Å². The second-order valence-corrected chi connectivity index (χ2v) is 18.8. The summed E-state index contributed by atoms with van der Waals surface area (Å²) in [6.45, 7) is 9.17. The van der Waals surface area contributed by atoms with Gasteiger partial charge < -0.3 is 34.0 Å². The van der Waals surface area contributed by atoms with Gasteiger partial charge in [0.05, 0.1) is 13.2 Å². The number of ether oxygens (including phenoxy) is 2. The Balaban J connectivity index is 1.63. The normalized spacial score (nSPS) is 13.5. The summed E-state index contributed by atoms with van der Waals surface area (Å²) in [5.41, 5.74) is 9.23. The van der Waals surface area contributed by atoms with E-state index >= 15 is 0 Å². The molecule has 14 heteroatoms. The number of esters is 2. The van der Waals surface area contributed by atoms with Crippen molar-refractivity contribution in [2.75, 3.05) is 19.8 Å². The molecule has 2 rings (SSSR count). The molecule has 0 aliphatic carbocycles. The SMILES string of the molecule is CCCCCc1cc(C)c(CCCCCCCCCCC(=O)OCC(COP(=O)(O)OCC(N)C(=O)O)OC(=O)CCCCCCCCCCc2oc(CCCCC)c(C)c2C)o1. The summed E-state index contributed by atoms with van der Waals surface area (Å²) in [5.74, 6) is 2.11. The number of carboxylic acid groups (broad SMARTS) is 1. The quantitative estimate of drug-likeness (QED) is 0.0324. The van der Waals surface area contributed by atoms with E-state index in [1.807, 2.05) is 0 Å². The fourth-order valence-electron chi connectivity index (χ4n) is 7.55. The molecule has 0 amide bonds. The van der Waals surface area contributed by atoms with E-state index in [4.69, 9.17) is 33.7 Å². The van der Waals surface area contributed by atoms with Crippen molar-refractivity contribution in [1.29, 1.82) is 0 Å². The molecule has 0 radical (unpaired) electrons. The van der Waals surface area contributed by atoms with Crippen molar-refractivity contribution in [3.63, 3.8) is 0 Å². The molecule has 2 aromatic rings. The Morgan fingerprint density at radius 2 is 1.05 bits per heavy atom. The van der Waals surface area contributed by atoms with Crippen LogP contribution in [0.2, 0.25) is 0 Å². The number of nitrogens with two attached hydrogens (primary N) is 1. The van der Waals surface area contributed by atoms with Gasteiger partial charge >= 0.3 is 25.7 Å². The fraction of sp³-hybridized carbons (Fsp3) is 0.776. The van der Waals surface area contributed by atoms with E-state index in [-0.39, 0.29) is 19.4 Å². The van der Waals surface area contributed by atoms with Crippen LogP contribution in [0.25, 0.3) is 0 Å². The Kier molecular flexibility index (Phi) is 29.9. The first kappa shape index (κ1) is 56.2. The molecule has 0 aromatic carbocycles. The number of carboxylic acids is 1. The second-order valence-electron chi connectivity index (χ2n) is 17.4. The van der Waals surface area contributed by atoms with Crippen molar-refractivity contribution in [1.82, 2.24) is 0 Å². The fourth-order valence-corrected chi connectivity index (χ4v) is 8.33. The number of carbonyl (C=O) groups is 3. The van der Waals surface area contributed by atoms with Crippen LogP contribution >= 0.6 is 7.82 Å². The van der Waals surface area contributed by atoms with E-state index in [0.29, 0.717) is 12.8 Å². The van der Waals surface area contributed by atoms with Crippen LogP contribution in [-0.4, -0.2) is 59.9 Å². The van der Waals surface area contributed by atoms with E-state index in [0.717, 1.165) is 132 Å². The van der Waals surface area contributed by atoms with Crippen molar-refractivity contribution in [2.45, 2.75) is 227 Å². The lowest BCUT2D eigenvalue weighted by molar-refractivity contribution is -0.161. The van der Waals surface area contributed by atoms with Gasteiger partial charge in [0.2, 0.25) is 0 Å². The van der Waals surface area contributed by atoms with E-state index < -0.39 is 51.1 Å². The van der Waals surface area contributed by atoms with Crippen LogP contribution in [0.4, 0.5) is 0 Å². The highest BCUT2D eigenvalue weighted by molar-refractivity contribution is 7.47. The summed E-state index contributed by atoms with van der Waals surface area (Å²) in [4.78, 5) is 46.3. The number of aryl methyl sites for hydroxylation is 5. The average Bonchev–Trinajstić information content (AvgIpc) is 3.74. The zero-order chi connectivity index (χ0) is 46.3. The van der Waals surface area contributed by atoms with Crippen LogP contribution in [0.15, 0.2) is 14.9 Å². The molecule has 0 bridgehead atoms. The topological polar surface area (TPSA) is 198 Å². The minimum Gasteiger partial charge on any atom is -0.480 e. The van der Waals surface area contributed by atoms with Crippen molar-refractivity contribution < 1.29 is 56.3 Å². The molecular formula is C49H84NO12P. The third-order valence-corrected chi connectivity index (χ3v) is 12.7. The zero-order valence-electron chi connectivity index (χ0n) is 39.7. The Bertz CT molecular complexity index is 1600. The van der Waals surface area contributed by atoms with Crippen molar-refractivity contribution in [3.05, 3.63) is 45.8 Å². The Morgan fingerprint density at radius 3 is 1.57 bits per heavy atom. The molecule has 4 N–H and O–H groups in total. The van der Waals surface area contributed by atoms with Gasteiger partial charge in [0.1, 0.15) is 35.7 Å². The minimum atomic E-state index is -4.74.